The van der Waals surface area contributed by atoms with Crippen molar-refractivity contribution in [3.8, 4) is 0 Å². The molecule has 0 aliphatic rings. The largest absolute Gasteiger partial charge is 0.469 e. The number of pyridine rings is 1. The summed E-state index contributed by atoms with van der Waals surface area (Å²) in [6, 6.07) is 1.60. The van der Waals surface area contributed by atoms with Crippen LogP contribution < -0.4 is 0 Å². The molecule has 0 spiro atoms. The fourth-order valence-corrected chi connectivity index (χ4v) is 2.15. The lowest BCUT2D eigenvalue weighted by Crippen LogP contribution is -2.10. The minimum absolute atomic E-state index is 0.163. The van der Waals surface area contributed by atoms with E-state index in [4.69, 9.17) is 0 Å². The van der Waals surface area contributed by atoms with E-state index in [9.17, 15) is 13.6 Å². The molecule has 0 saturated heterocycles. The van der Waals surface area contributed by atoms with Gasteiger partial charge in [0, 0.05) is 15.4 Å². The first-order valence-electron chi connectivity index (χ1n) is 4.58. The molecule has 0 N–H and O–H groups in total. The van der Waals surface area contributed by atoms with Crippen LogP contribution in [0.2, 0.25) is 0 Å². The van der Waals surface area contributed by atoms with Gasteiger partial charge < -0.3 is 4.74 Å². The summed E-state index contributed by atoms with van der Waals surface area (Å²) < 4.78 is 30.5. The lowest BCUT2D eigenvalue weighted by Gasteiger charge is -2.11. The number of carbonyl (C=O) groups excluding carboxylic acids is 1. The van der Waals surface area contributed by atoms with E-state index in [0.717, 1.165) is 0 Å². The lowest BCUT2D eigenvalue weighted by atomic mass is 10.1. The van der Waals surface area contributed by atoms with Gasteiger partial charge in [0.25, 0.3) is 6.43 Å². The van der Waals surface area contributed by atoms with Crippen molar-refractivity contribution in [3.05, 3.63) is 27.5 Å². The molecule has 17 heavy (non-hydrogen) atoms. The summed E-state index contributed by atoms with van der Waals surface area (Å²) in [7, 11) is 1.21. The molecular formula is C10H9Br2F2NO2. The molecule has 0 atom stereocenters. The van der Waals surface area contributed by atoms with Gasteiger partial charge in [0.1, 0.15) is 5.69 Å². The fraction of sp³-hybridized carbons (Fsp3) is 0.400. The van der Waals surface area contributed by atoms with Gasteiger partial charge in [0.2, 0.25) is 0 Å². The van der Waals surface area contributed by atoms with Gasteiger partial charge >= 0.3 is 5.97 Å². The zero-order chi connectivity index (χ0) is 13.0. The second kappa shape index (κ2) is 6.39. The minimum Gasteiger partial charge on any atom is -0.469 e. The molecule has 1 rings (SSSR count). The third kappa shape index (κ3) is 3.70. The predicted molar refractivity (Wildman–Crippen MR) is 65.2 cm³/mol. The maximum Gasteiger partial charge on any atom is 0.310 e. The van der Waals surface area contributed by atoms with E-state index in [1.807, 2.05) is 0 Å². The van der Waals surface area contributed by atoms with E-state index in [2.05, 4.69) is 41.6 Å². The standard InChI is InChI=1S/C10H9Br2F2NO2/c1-17-8(16)3-6-7(12)2-5(4-11)15-9(6)10(13)14/h2,10H,3-4H2,1H3. The van der Waals surface area contributed by atoms with Gasteiger partial charge in [-0.3, -0.25) is 9.78 Å². The van der Waals surface area contributed by atoms with Gasteiger partial charge in [0.05, 0.1) is 19.2 Å². The molecule has 0 aliphatic carbocycles. The van der Waals surface area contributed by atoms with Crippen LogP contribution >= 0.6 is 31.9 Å². The van der Waals surface area contributed by atoms with Crippen LogP contribution in [0.3, 0.4) is 0 Å². The van der Waals surface area contributed by atoms with Crippen LogP contribution in [0.1, 0.15) is 23.4 Å². The van der Waals surface area contributed by atoms with Crippen molar-refractivity contribution < 1.29 is 18.3 Å². The SMILES string of the molecule is COC(=O)Cc1c(Br)cc(CBr)nc1C(F)F. The van der Waals surface area contributed by atoms with Gasteiger partial charge in [0.15, 0.2) is 0 Å². The second-order valence-corrected chi connectivity index (χ2v) is 4.56. The Kier molecular flexibility index (Phi) is 5.45. The molecule has 1 aromatic rings. The van der Waals surface area contributed by atoms with E-state index in [1.54, 1.807) is 6.07 Å². The number of esters is 1. The highest BCUT2D eigenvalue weighted by Crippen LogP contribution is 2.29. The summed E-state index contributed by atoms with van der Waals surface area (Å²) in [6.45, 7) is 0. The summed E-state index contributed by atoms with van der Waals surface area (Å²) in [5, 5.41) is 0.365. The second-order valence-electron chi connectivity index (χ2n) is 3.15. The van der Waals surface area contributed by atoms with Crippen LogP contribution in [0.25, 0.3) is 0 Å². The number of carbonyl (C=O) groups is 1. The average molecular weight is 373 g/mol. The average Bonchev–Trinajstić information content (AvgIpc) is 2.30. The van der Waals surface area contributed by atoms with Crippen LogP contribution in [0, 0.1) is 0 Å². The zero-order valence-electron chi connectivity index (χ0n) is 8.84. The van der Waals surface area contributed by atoms with Crippen molar-refractivity contribution in [1.29, 1.82) is 0 Å². The molecule has 1 heterocycles. The molecule has 0 saturated carbocycles. The molecule has 0 aromatic carbocycles. The number of rotatable bonds is 4. The third-order valence-electron chi connectivity index (χ3n) is 2.05. The molecule has 3 nitrogen and oxygen atoms in total. The molecule has 94 valence electrons. The molecule has 0 fully saturated rings. The number of alkyl halides is 3. The van der Waals surface area contributed by atoms with Crippen LogP contribution in [0.5, 0.6) is 0 Å². The summed E-state index contributed by atoms with van der Waals surface area (Å²) >= 11 is 6.31. The Bertz CT molecular complexity index is 427. The summed E-state index contributed by atoms with van der Waals surface area (Å²) in [5.41, 5.74) is 0.247. The Balaban J connectivity index is 3.21. The minimum atomic E-state index is -2.73. The van der Waals surface area contributed by atoms with Crippen molar-refractivity contribution in [2.24, 2.45) is 0 Å². The summed E-state index contributed by atoms with van der Waals surface area (Å²) in [4.78, 5) is 14.9. The highest BCUT2D eigenvalue weighted by Gasteiger charge is 2.21. The van der Waals surface area contributed by atoms with Gasteiger partial charge in [-0.15, -0.1) is 0 Å². The first-order chi connectivity index (χ1) is 7.99. The van der Waals surface area contributed by atoms with Crippen LogP contribution in [-0.2, 0) is 21.3 Å². The van der Waals surface area contributed by atoms with Gasteiger partial charge in [-0.1, -0.05) is 31.9 Å². The highest BCUT2D eigenvalue weighted by molar-refractivity contribution is 9.10. The topological polar surface area (TPSA) is 39.2 Å². The van der Waals surface area contributed by atoms with Crippen LogP contribution in [0.4, 0.5) is 8.78 Å². The van der Waals surface area contributed by atoms with E-state index in [-0.39, 0.29) is 17.7 Å². The van der Waals surface area contributed by atoms with Crippen molar-refractivity contribution in [1.82, 2.24) is 4.98 Å². The van der Waals surface area contributed by atoms with Crippen molar-refractivity contribution in [3.63, 3.8) is 0 Å². The number of hydrogen-bond acceptors (Lipinski definition) is 3. The van der Waals surface area contributed by atoms with E-state index < -0.39 is 12.4 Å². The van der Waals surface area contributed by atoms with Crippen molar-refractivity contribution >= 4 is 37.8 Å². The van der Waals surface area contributed by atoms with Gasteiger partial charge in [-0.05, 0) is 6.07 Å². The number of nitrogens with zero attached hydrogens (tertiary/aromatic N) is 1. The first kappa shape index (κ1) is 14.5. The number of halogens is 4. The van der Waals surface area contributed by atoms with Crippen molar-refractivity contribution in [2.45, 2.75) is 18.2 Å². The quantitative estimate of drug-likeness (QED) is 0.600. The summed E-state index contributed by atoms with van der Waals surface area (Å²) in [5.74, 6) is -0.582. The summed E-state index contributed by atoms with van der Waals surface area (Å²) in [6.07, 6.45) is -2.96. The smallest absolute Gasteiger partial charge is 0.310 e. The Labute approximate surface area is 114 Å². The third-order valence-corrected chi connectivity index (χ3v) is 3.33. The molecule has 0 bridgehead atoms. The number of methoxy groups -OCH3 is 1. The Morgan fingerprint density at radius 1 is 1.59 bits per heavy atom. The van der Waals surface area contributed by atoms with Crippen molar-refractivity contribution in [2.75, 3.05) is 7.11 Å². The van der Waals surface area contributed by atoms with Crippen LogP contribution in [0.15, 0.2) is 10.5 Å². The van der Waals surface area contributed by atoms with E-state index in [0.29, 0.717) is 15.5 Å². The Hall–Kier alpha value is -0.560. The molecule has 0 unspecified atom stereocenters. The molecular weight excluding hydrogens is 364 g/mol. The lowest BCUT2D eigenvalue weighted by molar-refractivity contribution is -0.139. The monoisotopic (exact) mass is 371 g/mol. The molecule has 1 aromatic heterocycles. The first-order valence-corrected chi connectivity index (χ1v) is 6.50. The number of ether oxygens (including phenoxy) is 1. The fourth-order valence-electron chi connectivity index (χ4n) is 1.25. The van der Waals surface area contributed by atoms with Crippen LogP contribution in [-0.4, -0.2) is 18.1 Å². The van der Waals surface area contributed by atoms with E-state index >= 15 is 0 Å². The molecule has 0 aliphatic heterocycles. The molecule has 7 heteroatoms. The number of hydrogen-bond donors (Lipinski definition) is 0. The normalized spacial score (nSPS) is 10.7. The Morgan fingerprint density at radius 3 is 2.71 bits per heavy atom. The number of aromatic nitrogens is 1. The molecule has 0 radical (unpaired) electrons. The Morgan fingerprint density at radius 2 is 2.24 bits per heavy atom. The predicted octanol–water partition coefficient (Wildman–Crippen LogP) is 3.39. The van der Waals surface area contributed by atoms with E-state index in [1.165, 1.54) is 7.11 Å². The maximum absolute atomic E-state index is 12.8. The molecule has 0 amide bonds. The zero-order valence-corrected chi connectivity index (χ0v) is 12.0. The van der Waals surface area contributed by atoms with Gasteiger partial charge in [-0.25, -0.2) is 8.78 Å². The maximum atomic E-state index is 12.8. The highest BCUT2D eigenvalue weighted by atomic mass is 79.9. The van der Waals surface area contributed by atoms with Gasteiger partial charge in [-0.2, -0.15) is 0 Å².